The topological polar surface area (TPSA) is 79.7 Å². The predicted molar refractivity (Wildman–Crippen MR) is 116 cm³/mol. The summed E-state index contributed by atoms with van der Waals surface area (Å²) in [7, 11) is 0. The number of pyridine rings is 1. The lowest BCUT2D eigenvalue weighted by Crippen LogP contribution is -2.32. The minimum atomic E-state index is -0.859. The number of ketones is 1. The molecule has 6 heteroatoms. The molecule has 0 radical (unpaired) electrons. The normalized spacial score (nSPS) is 14.2. The van der Waals surface area contributed by atoms with Gasteiger partial charge in [0, 0.05) is 36.7 Å². The molecule has 0 spiro atoms. The average molecular weight is 416 g/mol. The summed E-state index contributed by atoms with van der Waals surface area (Å²) in [5.41, 5.74) is 2.69. The van der Waals surface area contributed by atoms with Gasteiger partial charge in [-0.1, -0.05) is 42.5 Å². The van der Waals surface area contributed by atoms with E-state index in [4.69, 9.17) is 4.74 Å². The van der Waals surface area contributed by atoms with Crippen LogP contribution in [0, 0.1) is 0 Å². The van der Waals surface area contributed by atoms with Gasteiger partial charge in [0.15, 0.2) is 5.78 Å². The molecule has 1 aliphatic rings. The molecule has 31 heavy (non-hydrogen) atoms. The van der Waals surface area contributed by atoms with Crippen molar-refractivity contribution in [1.29, 1.82) is 0 Å². The average Bonchev–Trinajstić information content (AvgIpc) is 3.05. The van der Waals surface area contributed by atoms with Crippen molar-refractivity contribution in [1.82, 2.24) is 9.88 Å². The summed E-state index contributed by atoms with van der Waals surface area (Å²) in [5.74, 6) is 0.574. The molecular weight excluding hydrogens is 392 g/mol. The van der Waals surface area contributed by atoms with Crippen LogP contribution in [0.15, 0.2) is 72.9 Å². The molecule has 2 aromatic carbocycles. The number of hydrogen-bond donors (Lipinski definition) is 1. The molecule has 4 rings (SSSR count). The second kappa shape index (κ2) is 9.53. The number of carbonyl (C=O) groups excluding carboxylic acids is 2. The van der Waals surface area contributed by atoms with E-state index in [2.05, 4.69) is 4.98 Å². The molecule has 1 aliphatic heterocycles. The molecule has 1 atom stereocenters. The van der Waals surface area contributed by atoms with Gasteiger partial charge in [0.2, 0.25) is 5.91 Å². The van der Waals surface area contributed by atoms with Gasteiger partial charge in [0.1, 0.15) is 18.5 Å². The Morgan fingerprint density at radius 3 is 2.61 bits per heavy atom. The molecule has 158 valence electrons. The van der Waals surface area contributed by atoms with Gasteiger partial charge in [-0.2, -0.15) is 0 Å². The number of aliphatic hydroxyl groups is 1. The number of aromatic nitrogens is 1. The largest absolute Gasteiger partial charge is 0.491 e. The van der Waals surface area contributed by atoms with Gasteiger partial charge >= 0.3 is 0 Å². The maximum absolute atomic E-state index is 12.8. The highest BCUT2D eigenvalue weighted by molar-refractivity contribution is 5.97. The molecule has 0 fully saturated rings. The van der Waals surface area contributed by atoms with Gasteiger partial charge in [-0.05, 0) is 29.8 Å². The number of aliphatic hydroxyl groups excluding tert-OH is 1. The van der Waals surface area contributed by atoms with Gasteiger partial charge in [-0.15, -0.1) is 0 Å². The smallest absolute Gasteiger partial charge is 0.223 e. The highest BCUT2D eigenvalue weighted by atomic mass is 16.5. The lowest BCUT2D eigenvalue weighted by Gasteiger charge is -2.20. The van der Waals surface area contributed by atoms with E-state index in [0.29, 0.717) is 42.3 Å². The Morgan fingerprint density at radius 2 is 1.84 bits per heavy atom. The first-order valence-electron chi connectivity index (χ1n) is 10.3. The van der Waals surface area contributed by atoms with E-state index >= 15 is 0 Å². The third-order valence-electron chi connectivity index (χ3n) is 5.36. The number of ether oxygens (including phenoxy) is 1. The Hall–Kier alpha value is -3.51. The van der Waals surface area contributed by atoms with Crippen LogP contribution in [0.25, 0.3) is 0 Å². The first kappa shape index (κ1) is 20.8. The Bertz CT molecular complexity index is 1050. The molecule has 1 amide bonds. The lowest BCUT2D eigenvalue weighted by atomic mass is 10.0. The number of hydrogen-bond acceptors (Lipinski definition) is 5. The van der Waals surface area contributed by atoms with Gasteiger partial charge in [-0.3, -0.25) is 14.6 Å². The van der Waals surface area contributed by atoms with Crippen molar-refractivity contribution >= 4 is 11.7 Å². The number of nitrogens with zero attached hydrogens (tertiary/aromatic N) is 2. The standard InChI is InChI=1S/C25H24N2O4/c28-22(18-6-2-1-3-7-18)10-12-24(29)27-14-15-31-23-11-9-19(16-20(23)17-27)25(30)21-8-4-5-13-26-21/h1-9,11,13,16,25,30H,10,12,14-15,17H2. The van der Waals surface area contributed by atoms with Gasteiger partial charge in [-0.25, -0.2) is 0 Å². The maximum atomic E-state index is 12.8. The number of fused-ring (bicyclic) bond motifs is 1. The maximum Gasteiger partial charge on any atom is 0.223 e. The zero-order valence-electron chi connectivity index (χ0n) is 17.1. The van der Waals surface area contributed by atoms with Crippen molar-refractivity contribution < 1.29 is 19.4 Å². The molecule has 0 aliphatic carbocycles. The van der Waals surface area contributed by atoms with E-state index in [1.54, 1.807) is 35.4 Å². The first-order valence-corrected chi connectivity index (χ1v) is 10.3. The zero-order valence-corrected chi connectivity index (χ0v) is 17.1. The Balaban J connectivity index is 1.44. The van der Waals surface area contributed by atoms with Crippen LogP contribution < -0.4 is 4.74 Å². The van der Waals surface area contributed by atoms with E-state index in [-0.39, 0.29) is 24.5 Å². The Labute approximate surface area is 181 Å². The molecule has 1 N–H and O–H groups in total. The third-order valence-corrected chi connectivity index (χ3v) is 5.36. The summed E-state index contributed by atoms with van der Waals surface area (Å²) in [6, 6.07) is 19.9. The van der Waals surface area contributed by atoms with Gasteiger partial charge in [0.05, 0.1) is 12.2 Å². The second-order valence-corrected chi connectivity index (χ2v) is 7.48. The molecule has 6 nitrogen and oxygen atoms in total. The van der Waals surface area contributed by atoms with Gasteiger partial charge in [0.25, 0.3) is 0 Å². The Kier molecular flexibility index (Phi) is 6.38. The number of carbonyl (C=O) groups is 2. The number of benzene rings is 2. The quantitative estimate of drug-likeness (QED) is 0.622. The third kappa shape index (κ3) is 4.98. The first-order chi connectivity index (χ1) is 15.1. The molecule has 2 heterocycles. The van der Waals surface area contributed by atoms with Crippen LogP contribution >= 0.6 is 0 Å². The van der Waals surface area contributed by atoms with Crippen LogP contribution in [0.1, 0.15) is 46.1 Å². The van der Waals surface area contributed by atoms with Crippen molar-refractivity contribution in [2.45, 2.75) is 25.5 Å². The summed E-state index contributed by atoms with van der Waals surface area (Å²) in [6.45, 7) is 1.20. The number of amides is 1. The molecule has 0 saturated carbocycles. The predicted octanol–water partition coefficient (Wildman–Crippen LogP) is 3.55. The minimum absolute atomic E-state index is 0.0406. The van der Waals surface area contributed by atoms with Crippen LogP contribution in [0.4, 0.5) is 0 Å². The minimum Gasteiger partial charge on any atom is -0.491 e. The fraction of sp³-hybridized carbons (Fsp3) is 0.240. The monoisotopic (exact) mass is 416 g/mol. The van der Waals surface area contributed by atoms with Crippen molar-refractivity contribution in [3.8, 4) is 5.75 Å². The summed E-state index contributed by atoms with van der Waals surface area (Å²) in [6.07, 6.45) is 1.11. The van der Waals surface area contributed by atoms with Crippen LogP contribution in [0.3, 0.4) is 0 Å². The van der Waals surface area contributed by atoms with Crippen LogP contribution in [-0.2, 0) is 11.3 Å². The lowest BCUT2D eigenvalue weighted by molar-refractivity contribution is -0.131. The molecule has 3 aromatic rings. The van der Waals surface area contributed by atoms with E-state index in [1.807, 2.05) is 42.5 Å². The van der Waals surface area contributed by atoms with Crippen molar-refractivity contribution in [2.24, 2.45) is 0 Å². The molecule has 1 unspecified atom stereocenters. The molecular formula is C25H24N2O4. The summed E-state index contributed by atoms with van der Waals surface area (Å²) in [5, 5.41) is 10.7. The van der Waals surface area contributed by atoms with Crippen molar-refractivity contribution in [3.05, 3.63) is 95.3 Å². The van der Waals surface area contributed by atoms with E-state index in [1.165, 1.54) is 0 Å². The molecule has 1 aromatic heterocycles. The van der Waals surface area contributed by atoms with Crippen molar-refractivity contribution in [3.63, 3.8) is 0 Å². The van der Waals surface area contributed by atoms with E-state index in [0.717, 1.165) is 5.56 Å². The SMILES string of the molecule is O=C(CCC(=O)N1CCOc2ccc(C(O)c3ccccn3)cc2C1)c1ccccc1. The fourth-order valence-corrected chi connectivity index (χ4v) is 3.65. The Morgan fingerprint density at radius 1 is 1.03 bits per heavy atom. The second-order valence-electron chi connectivity index (χ2n) is 7.48. The van der Waals surface area contributed by atoms with Crippen LogP contribution in [0.2, 0.25) is 0 Å². The van der Waals surface area contributed by atoms with Gasteiger partial charge < -0.3 is 14.7 Å². The van der Waals surface area contributed by atoms with E-state index < -0.39 is 6.10 Å². The summed E-state index contributed by atoms with van der Waals surface area (Å²) in [4.78, 5) is 31.0. The van der Waals surface area contributed by atoms with Crippen LogP contribution in [-0.4, -0.2) is 39.8 Å². The highest BCUT2D eigenvalue weighted by Gasteiger charge is 2.22. The summed E-state index contributed by atoms with van der Waals surface area (Å²) < 4.78 is 5.81. The number of Topliss-reactive ketones (excluding diaryl/α,β-unsaturated/α-hetero) is 1. The van der Waals surface area contributed by atoms with Crippen LogP contribution in [0.5, 0.6) is 5.75 Å². The van der Waals surface area contributed by atoms with E-state index in [9.17, 15) is 14.7 Å². The fourth-order valence-electron chi connectivity index (χ4n) is 3.65. The summed E-state index contributed by atoms with van der Waals surface area (Å²) >= 11 is 0. The molecule has 0 bridgehead atoms. The zero-order chi connectivity index (χ0) is 21.6. The number of rotatable bonds is 6. The van der Waals surface area contributed by atoms with Crippen molar-refractivity contribution in [2.75, 3.05) is 13.2 Å². The highest BCUT2D eigenvalue weighted by Crippen LogP contribution is 2.29. The molecule has 0 saturated heterocycles.